The Bertz CT molecular complexity index is 734. The number of aliphatic hydroxyl groups is 1. The van der Waals surface area contributed by atoms with Gasteiger partial charge in [0, 0.05) is 30.2 Å². The number of halogens is 1. The van der Waals surface area contributed by atoms with Crippen LogP contribution in [0.2, 0.25) is 0 Å². The number of guanidine groups is 1. The minimum Gasteiger partial charge on any atom is -0.388 e. The quantitative estimate of drug-likeness (QED) is 0.297. The van der Waals surface area contributed by atoms with Gasteiger partial charge in [0.15, 0.2) is 5.96 Å². The van der Waals surface area contributed by atoms with Gasteiger partial charge < -0.3 is 20.7 Å². The number of H-pyrrole nitrogens is 1. The summed E-state index contributed by atoms with van der Waals surface area (Å²) in [5.74, 6) is 0.790. The molecule has 3 rings (SSSR count). The van der Waals surface area contributed by atoms with Crippen LogP contribution >= 0.6 is 24.0 Å². The summed E-state index contributed by atoms with van der Waals surface area (Å²) < 4.78 is 0. The van der Waals surface area contributed by atoms with Crippen LogP contribution in [0.1, 0.15) is 43.7 Å². The predicted molar refractivity (Wildman–Crippen MR) is 120 cm³/mol. The second-order valence-corrected chi connectivity index (χ2v) is 7.17. The Labute approximate surface area is 173 Å². The van der Waals surface area contributed by atoms with Crippen molar-refractivity contribution in [3.8, 4) is 0 Å². The van der Waals surface area contributed by atoms with Crippen molar-refractivity contribution in [2.75, 3.05) is 19.6 Å². The van der Waals surface area contributed by atoms with Crippen LogP contribution in [-0.2, 0) is 6.42 Å². The molecule has 1 saturated carbocycles. The first-order chi connectivity index (χ1) is 12.1. The molecule has 144 valence electrons. The van der Waals surface area contributed by atoms with E-state index in [1.54, 1.807) is 0 Å². The summed E-state index contributed by atoms with van der Waals surface area (Å²) in [4.78, 5) is 7.95. The molecule has 0 amide bonds. The molecule has 1 aliphatic carbocycles. The molecule has 5 nitrogen and oxygen atoms in total. The second kappa shape index (κ2) is 9.60. The predicted octanol–water partition coefficient (Wildman–Crippen LogP) is 3.50. The lowest BCUT2D eigenvalue weighted by molar-refractivity contribution is 0.0574. The van der Waals surface area contributed by atoms with E-state index in [1.807, 2.05) is 0 Å². The van der Waals surface area contributed by atoms with E-state index in [0.717, 1.165) is 51.2 Å². The maximum atomic E-state index is 10.5. The molecule has 1 fully saturated rings. The average molecular weight is 470 g/mol. The average Bonchev–Trinajstić information content (AvgIpc) is 3.19. The lowest BCUT2D eigenvalue weighted by Crippen LogP contribution is -2.40. The van der Waals surface area contributed by atoms with Crippen molar-refractivity contribution in [2.45, 2.75) is 51.6 Å². The second-order valence-electron chi connectivity index (χ2n) is 7.17. The lowest BCUT2D eigenvalue weighted by Gasteiger charge is -2.20. The fourth-order valence-corrected chi connectivity index (χ4v) is 3.58. The molecular formula is C20H31IN4O. The number of hydrogen-bond acceptors (Lipinski definition) is 2. The fraction of sp³-hybridized carbons (Fsp3) is 0.550. The van der Waals surface area contributed by atoms with Crippen molar-refractivity contribution in [2.24, 2.45) is 4.99 Å². The standard InChI is InChI=1S/C20H30N4O.HI/c1-3-21-19(24-14-20(25)9-4-5-10-20)22-11-8-16-13-23-18-12-15(2)6-7-17(16)18;/h6-7,12-13,23,25H,3-5,8-11,14H2,1-2H3,(H2,21,22,24);1H. The van der Waals surface area contributed by atoms with Gasteiger partial charge in [-0.05, 0) is 50.3 Å². The molecule has 0 bridgehead atoms. The summed E-state index contributed by atoms with van der Waals surface area (Å²) in [6.07, 6.45) is 6.97. The van der Waals surface area contributed by atoms with Gasteiger partial charge in [-0.2, -0.15) is 0 Å². The highest BCUT2D eigenvalue weighted by Gasteiger charge is 2.30. The third-order valence-electron chi connectivity index (χ3n) is 5.02. The monoisotopic (exact) mass is 470 g/mol. The smallest absolute Gasteiger partial charge is 0.191 e. The lowest BCUT2D eigenvalue weighted by atomic mass is 10.0. The molecule has 1 aromatic carbocycles. The Morgan fingerprint density at radius 2 is 2.04 bits per heavy atom. The van der Waals surface area contributed by atoms with Crippen molar-refractivity contribution in [1.29, 1.82) is 0 Å². The summed E-state index contributed by atoms with van der Waals surface area (Å²) in [5, 5.41) is 18.4. The highest BCUT2D eigenvalue weighted by molar-refractivity contribution is 14.0. The Kier molecular flexibility index (Phi) is 7.76. The molecule has 2 aromatic rings. The molecule has 0 saturated heterocycles. The van der Waals surface area contributed by atoms with Gasteiger partial charge in [0.1, 0.15) is 0 Å². The SMILES string of the molecule is CCNC(=NCC1(O)CCCC1)NCCc1c[nH]c2cc(C)ccc12.I. The van der Waals surface area contributed by atoms with Crippen LogP contribution in [0.15, 0.2) is 29.4 Å². The molecule has 4 N–H and O–H groups in total. The molecule has 1 aliphatic rings. The van der Waals surface area contributed by atoms with Crippen molar-refractivity contribution in [1.82, 2.24) is 15.6 Å². The molecule has 0 spiro atoms. The van der Waals surface area contributed by atoms with Crippen LogP contribution in [0.5, 0.6) is 0 Å². The maximum Gasteiger partial charge on any atom is 0.191 e. The molecule has 26 heavy (non-hydrogen) atoms. The third kappa shape index (κ3) is 5.36. The van der Waals surface area contributed by atoms with Crippen LogP contribution in [0, 0.1) is 6.92 Å². The van der Waals surface area contributed by atoms with E-state index in [4.69, 9.17) is 0 Å². The number of nitrogens with zero attached hydrogens (tertiary/aromatic N) is 1. The summed E-state index contributed by atoms with van der Waals surface area (Å²) in [7, 11) is 0. The fourth-order valence-electron chi connectivity index (χ4n) is 3.58. The van der Waals surface area contributed by atoms with E-state index in [-0.39, 0.29) is 24.0 Å². The first-order valence-electron chi connectivity index (χ1n) is 9.41. The number of hydrogen-bond donors (Lipinski definition) is 4. The van der Waals surface area contributed by atoms with E-state index in [2.05, 4.69) is 58.9 Å². The van der Waals surface area contributed by atoms with Crippen LogP contribution in [0.25, 0.3) is 10.9 Å². The Morgan fingerprint density at radius 1 is 1.27 bits per heavy atom. The van der Waals surface area contributed by atoms with E-state index in [0.29, 0.717) is 6.54 Å². The van der Waals surface area contributed by atoms with Gasteiger partial charge >= 0.3 is 0 Å². The minimum atomic E-state index is -0.600. The van der Waals surface area contributed by atoms with Gasteiger partial charge in [0.05, 0.1) is 12.1 Å². The maximum absolute atomic E-state index is 10.5. The van der Waals surface area contributed by atoms with Crippen molar-refractivity contribution < 1.29 is 5.11 Å². The molecule has 0 aliphatic heterocycles. The van der Waals surface area contributed by atoms with Gasteiger partial charge in [-0.3, -0.25) is 4.99 Å². The minimum absolute atomic E-state index is 0. The zero-order valence-corrected chi connectivity index (χ0v) is 18.1. The number of rotatable bonds is 6. The summed E-state index contributed by atoms with van der Waals surface area (Å²) >= 11 is 0. The number of aromatic nitrogens is 1. The molecule has 1 heterocycles. The summed E-state index contributed by atoms with van der Waals surface area (Å²) in [6.45, 7) is 6.28. The van der Waals surface area contributed by atoms with Crippen LogP contribution in [0.4, 0.5) is 0 Å². The highest BCUT2D eigenvalue weighted by atomic mass is 127. The van der Waals surface area contributed by atoms with Gasteiger partial charge in [0.2, 0.25) is 0 Å². The topological polar surface area (TPSA) is 72.4 Å². The van der Waals surface area contributed by atoms with E-state index < -0.39 is 5.60 Å². The normalized spacial score (nSPS) is 16.5. The Balaban J connectivity index is 0.00000243. The van der Waals surface area contributed by atoms with E-state index in [9.17, 15) is 5.11 Å². The summed E-state index contributed by atoms with van der Waals surface area (Å²) in [6, 6.07) is 6.52. The number of benzene rings is 1. The molecule has 0 radical (unpaired) electrons. The van der Waals surface area contributed by atoms with E-state index in [1.165, 1.54) is 22.0 Å². The van der Waals surface area contributed by atoms with Crippen molar-refractivity contribution in [3.63, 3.8) is 0 Å². The summed E-state index contributed by atoms with van der Waals surface area (Å²) in [5.41, 5.74) is 3.18. The van der Waals surface area contributed by atoms with Gasteiger partial charge in [-0.1, -0.05) is 25.0 Å². The van der Waals surface area contributed by atoms with Crippen LogP contribution < -0.4 is 10.6 Å². The van der Waals surface area contributed by atoms with Crippen LogP contribution in [0.3, 0.4) is 0 Å². The van der Waals surface area contributed by atoms with Crippen molar-refractivity contribution >= 4 is 40.8 Å². The molecule has 6 heteroatoms. The first kappa shape index (κ1) is 21.0. The number of aryl methyl sites for hydroxylation is 1. The van der Waals surface area contributed by atoms with E-state index >= 15 is 0 Å². The molecule has 0 unspecified atom stereocenters. The van der Waals surface area contributed by atoms with Gasteiger partial charge in [-0.25, -0.2) is 0 Å². The zero-order valence-electron chi connectivity index (χ0n) is 15.8. The number of fused-ring (bicyclic) bond motifs is 1. The zero-order chi connectivity index (χ0) is 17.7. The number of aromatic amines is 1. The van der Waals surface area contributed by atoms with Crippen LogP contribution in [-0.4, -0.2) is 41.3 Å². The third-order valence-corrected chi connectivity index (χ3v) is 5.02. The molecule has 0 atom stereocenters. The largest absolute Gasteiger partial charge is 0.388 e. The molecule has 1 aromatic heterocycles. The Morgan fingerprint density at radius 3 is 2.77 bits per heavy atom. The first-order valence-corrected chi connectivity index (χ1v) is 9.41. The van der Waals surface area contributed by atoms with Gasteiger partial charge in [0.25, 0.3) is 0 Å². The van der Waals surface area contributed by atoms with Gasteiger partial charge in [-0.15, -0.1) is 24.0 Å². The number of aliphatic imine (C=N–C) groups is 1. The highest BCUT2D eigenvalue weighted by Crippen LogP contribution is 2.29. The number of nitrogens with one attached hydrogen (secondary N) is 3. The van der Waals surface area contributed by atoms with Crippen molar-refractivity contribution in [3.05, 3.63) is 35.5 Å². The Hall–Kier alpha value is -1.28. The molecular weight excluding hydrogens is 439 g/mol.